The molecule has 7 nitrogen and oxygen atoms in total. The zero-order valence-corrected chi connectivity index (χ0v) is 10.7. The Morgan fingerprint density at radius 1 is 1.24 bits per heavy atom. The zero-order chi connectivity index (χ0) is 15.0. The molecule has 1 atom stereocenters. The van der Waals surface area contributed by atoms with Gasteiger partial charge >= 0.3 is 0 Å². The van der Waals surface area contributed by atoms with Crippen LogP contribution in [-0.2, 0) is 4.79 Å². The highest BCUT2D eigenvalue weighted by Crippen LogP contribution is 2.36. The predicted octanol–water partition coefficient (Wildman–Crippen LogP) is 2.41. The number of amides is 1. The van der Waals surface area contributed by atoms with Crippen LogP contribution in [0.15, 0.2) is 42.5 Å². The smallest absolute Gasteiger partial charge is 0.296 e. The molecule has 0 saturated heterocycles. The normalized spacial score (nSPS) is 16.2. The number of nitrogens with one attached hydrogen (secondary N) is 2. The molecule has 0 bridgehead atoms. The van der Waals surface area contributed by atoms with Crippen LogP contribution in [0, 0.1) is 10.1 Å². The summed E-state index contributed by atoms with van der Waals surface area (Å²) in [6.07, 6.45) is 0. The largest absolute Gasteiger partial charge is 0.508 e. The Balaban J connectivity index is 1.98. The fourth-order valence-corrected chi connectivity index (χ4v) is 2.30. The molecular weight excluding hydrogens is 274 g/mol. The molecule has 0 saturated carbocycles. The van der Waals surface area contributed by atoms with E-state index in [0.29, 0.717) is 5.69 Å². The molecular formula is C14H11N3O4. The summed E-state index contributed by atoms with van der Waals surface area (Å²) >= 11 is 0. The van der Waals surface area contributed by atoms with Gasteiger partial charge in [0.05, 0.1) is 11.0 Å². The van der Waals surface area contributed by atoms with E-state index < -0.39 is 11.0 Å². The summed E-state index contributed by atoms with van der Waals surface area (Å²) in [6, 6.07) is 10.2. The fraction of sp³-hybridized carbons (Fsp3) is 0.0714. The van der Waals surface area contributed by atoms with Gasteiger partial charge in [-0.2, -0.15) is 0 Å². The third kappa shape index (κ3) is 2.25. The lowest BCUT2D eigenvalue weighted by Crippen LogP contribution is -2.20. The molecule has 1 aliphatic heterocycles. The second-order valence-corrected chi connectivity index (χ2v) is 4.61. The first-order valence-corrected chi connectivity index (χ1v) is 6.20. The van der Waals surface area contributed by atoms with E-state index in [0.717, 1.165) is 11.6 Å². The van der Waals surface area contributed by atoms with Gasteiger partial charge in [0, 0.05) is 11.3 Å². The molecule has 1 aliphatic rings. The highest BCUT2D eigenvalue weighted by Gasteiger charge is 2.31. The Hall–Kier alpha value is -3.09. The number of carbonyl (C=O) groups is 1. The summed E-state index contributed by atoms with van der Waals surface area (Å²) in [6.45, 7) is 0. The molecule has 3 rings (SSSR count). The van der Waals surface area contributed by atoms with Crippen LogP contribution in [0.1, 0.15) is 11.6 Å². The number of rotatable bonds is 3. The van der Waals surface area contributed by atoms with Crippen LogP contribution in [0.5, 0.6) is 5.75 Å². The number of nitrogens with zero attached hydrogens (tertiary/aromatic N) is 1. The van der Waals surface area contributed by atoms with Crippen molar-refractivity contribution in [2.45, 2.75) is 6.04 Å². The van der Waals surface area contributed by atoms with Crippen molar-refractivity contribution in [1.29, 1.82) is 0 Å². The van der Waals surface area contributed by atoms with Gasteiger partial charge < -0.3 is 15.7 Å². The van der Waals surface area contributed by atoms with Gasteiger partial charge in [-0.05, 0) is 18.2 Å². The number of nitro benzene ring substituents is 1. The minimum atomic E-state index is -0.704. The van der Waals surface area contributed by atoms with Gasteiger partial charge in [0.25, 0.3) is 11.6 Å². The second-order valence-electron chi connectivity index (χ2n) is 4.61. The summed E-state index contributed by atoms with van der Waals surface area (Å²) in [4.78, 5) is 22.4. The van der Waals surface area contributed by atoms with Gasteiger partial charge in [0.2, 0.25) is 0 Å². The Bertz CT molecular complexity index is 745. The van der Waals surface area contributed by atoms with E-state index >= 15 is 0 Å². The molecule has 7 heteroatoms. The monoisotopic (exact) mass is 285 g/mol. The number of carbonyl (C=O) groups excluding carboxylic acids is 1. The quantitative estimate of drug-likeness (QED) is 0.456. The molecule has 0 radical (unpaired) electrons. The Morgan fingerprint density at radius 2 is 2.00 bits per heavy atom. The summed E-state index contributed by atoms with van der Waals surface area (Å²) in [5, 5.41) is 25.9. The van der Waals surface area contributed by atoms with Gasteiger partial charge in [-0.15, -0.1) is 0 Å². The maximum absolute atomic E-state index is 12.0. The van der Waals surface area contributed by atoms with Crippen molar-refractivity contribution >= 4 is 23.0 Å². The maximum Gasteiger partial charge on any atom is 0.296 e. The van der Waals surface area contributed by atoms with Gasteiger partial charge in [-0.1, -0.05) is 18.2 Å². The lowest BCUT2D eigenvalue weighted by Gasteiger charge is -2.13. The van der Waals surface area contributed by atoms with Gasteiger partial charge in [0.15, 0.2) is 0 Å². The predicted molar refractivity (Wildman–Crippen MR) is 76.2 cm³/mol. The van der Waals surface area contributed by atoms with Crippen LogP contribution < -0.4 is 10.6 Å². The topological polar surface area (TPSA) is 104 Å². The molecule has 0 aromatic heterocycles. The van der Waals surface area contributed by atoms with Crippen molar-refractivity contribution < 1.29 is 14.8 Å². The second kappa shape index (κ2) is 4.78. The van der Waals surface area contributed by atoms with E-state index in [2.05, 4.69) is 10.6 Å². The highest BCUT2D eigenvalue weighted by molar-refractivity contribution is 6.04. The van der Waals surface area contributed by atoms with Crippen LogP contribution >= 0.6 is 0 Å². The standard InChI is InChI=1S/C14H11N3O4/c18-8-5-6-11(12(7-8)17(20)21)15-13-9-3-1-2-4-10(9)16-14(13)19/h1-7,13,15,18H,(H,16,19). The van der Waals surface area contributed by atoms with Crippen LogP contribution in [0.4, 0.5) is 17.1 Å². The number of benzene rings is 2. The molecule has 21 heavy (non-hydrogen) atoms. The van der Waals surface area contributed by atoms with Gasteiger partial charge in [0.1, 0.15) is 17.5 Å². The van der Waals surface area contributed by atoms with Crippen molar-refractivity contribution in [3.05, 3.63) is 58.1 Å². The summed E-state index contributed by atoms with van der Waals surface area (Å²) in [5.74, 6) is -0.484. The number of nitro groups is 1. The summed E-state index contributed by atoms with van der Waals surface area (Å²) < 4.78 is 0. The molecule has 0 fully saturated rings. The number of aromatic hydroxyl groups is 1. The molecule has 1 heterocycles. The number of phenolic OH excluding ortho intramolecular Hbond substituents is 1. The highest BCUT2D eigenvalue weighted by atomic mass is 16.6. The average Bonchev–Trinajstić information content (AvgIpc) is 2.77. The molecule has 2 aromatic carbocycles. The third-order valence-corrected chi connectivity index (χ3v) is 3.27. The molecule has 2 aromatic rings. The van der Waals surface area contributed by atoms with E-state index in [4.69, 9.17) is 0 Å². The Kier molecular flexibility index (Phi) is 2.94. The molecule has 0 aliphatic carbocycles. The van der Waals surface area contributed by atoms with Gasteiger partial charge in [-0.3, -0.25) is 14.9 Å². The number of fused-ring (bicyclic) bond motifs is 1. The maximum atomic E-state index is 12.0. The van der Waals surface area contributed by atoms with Crippen molar-refractivity contribution in [1.82, 2.24) is 0 Å². The lowest BCUT2D eigenvalue weighted by molar-refractivity contribution is -0.384. The van der Waals surface area contributed by atoms with Crippen LogP contribution in [0.2, 0.25) is 0 Å². The minimum absolute atomic E-state index is 0.176. The number of para-hydroxylation sites is 1. The van der Waals surface area contributed by atoms with E-state index in [-0.39, 0.29) is 23.0 Å². The summed E-state index contributed by atoms with van der Waals surface area (Å²) in [5.41, 5.74) is 1.30. The van der Waals surface area contributed by atoms with Crippen molar-refractivity contribution in [2.24, 2.45) is 0 Å². The lowest BCUT2D eigenvalue weighted by atomic mass is 10.1. The molecule has 106 valence electrons. The van der Waals surface area contributed by atoms with Crippen molar-refractivity contribution in [2.75, 3.05) is 10.6 Å². The first-order valence-electron chi connectivity index (χ1n) is 6.20. The fourth-order valence-electron chi connectivity index (χ4n) is 2.30. The Labute approximate surface area is 119 Å². The molecule has 0 spiro atoms. The van der Waals surface area contributed by atoms with Crippen LogP contribution in [-0.4, -0.2) is 15.9 Å². The number of anilines is 2. The molecule has 3 N–H and O–H groups in total. The number of hydrogen-bond donors (Lipinski definition) is 3. The van der Waals surface area contributed by atoms with Crippen LogP contribution in [0.25, 0.3) is 0 Å². The third-order valence-electron chi connectivity index (χ3n) is 3.27. The average molecular weight is 285 g/mol. The minimum Gasteiger partial charge on any atom is -0.508 e. The van der Waals surface area contributed by atoms with E-state index in [1.165, 1.54) is 12.1 Å². The first-order chi connectivity index (χ1) is 10.1. The molecule has 1 unspecified atom stereocenters. The first kappa shape index (κ1) is 12.9. The Morgan fingerprint density at radius 3 is 2.76 bits per heavy atom. The van der Waals surface area contributed by atoms with Crippen molar-refractivity contribution in [3.63, 3.8) is 0 Å². The number of phenols is 1. The number of hydrogen-bond acceptors (Lipinski definition) is 5. The van der Waals surface area contributed by atoms with Crippen LogP contribution in [0.3, 0.4) is 0 Å². The van der Waals surface area contributed by atoms with Gasteiger partial charge in [-0.25, -0.2) is 0 Å². The van der Waals surface area contributed by atoms with E-state index in [1.807, 2.05) is 0 Å². The van der Waals surface area contributed by atoms with E-state index in [9.17, 15) is 20.0 Å². The summed E-state index contributed by atoms with van der Waals surface area (Å²) in [7, 11) is 0. The molecule has 1 amide bonds. The zero-order valence-electron chi connectivity index (χ0n) is 10.7. The van der Waals surface area contributed by atoms with E-state index in [1.54, 1.807) is 24.3 Å². The van der Waals surface area contributed by atoms with Crippen molar-refractivity contribution in [3.8, 4) is 5.75 Å². The SMILES string of the molecule is O=C1Nc2ccccc2C1Nc1ccc(O)cc1[N+](=O)[O-].